The van der Waals surface area contributed by atoms with Crippen molar-refractivity contribution in [1.29, 1.82) is 0 Å². The maximum absolute atomic E-state index is 12.3. The lowest BCUT2D eigenvalue weighted by Crippen LogP contribution is -2.16. The number of anilines is 1. The summed E-state index contributed by atoms with van der Waals surface area (Å²) >= 11 is 2.61. The highest BCUT2D eigenvalue weighted by Gasteiger charge is 2.14. The molecule has 2 heterocycles. The van der Waals surface area contributed by atoms with Crippen molar-refractivity contribution < 1.29 is 4.79 Å². The molecule has 1 amide bonds. The Hall–Kier alpha value is -3.17. The van der Waals surface area contributed by atoms with E-state index in [1.54, 1.807) is 0 Å². The van der Waals surface area contributed by atoms with E-state index >= 15 is 0 Å². The van der Waals surface area contributed by atoms with E-state index in [0.717, 1.165) is 16.8 Å². The fourth-order valence-electron chi connectivity index (χ4n) is 2.52. The van der Waals surface area contributed by atoms with Crippen LogP contribution in [0.5, 0.6) is 0 Å². The molecule has 0 saturated heterocycles. The fourth-order valence-corrected chi connectivity index (χ4v) is 3.91. The van der Waals surface area contributed by atoms with Crippen molar-refractivity contribution >= 4 is 34.1 Å². The Morgan fingerprint density at radius 1 is 1.04 bits per heavy atom. The number of benzene rings is 2. The molecule has 0 spiro atoms. The zero-order chi connectivity index (χ0) is 19.3. The Balaban J connectivity index is 1.37. The number of nitrogens with two attached hydrogens (primary N) is 1. The second-order valence-electron chi connectivity index (χ2n) is 5.78. The Morgan fingerprint density at radius 2 is 1.71 bits per heavy atom. The topological polar surface area (TPSA) is 98.7 Å². The first kappa shape index (κ1) is 18.2. The van der Waals surface area contributed by atoms with Gasteiger partial charge in [-0.2, -0.15) is 0 Å². The van der Waals surface area contributed by atoms with Crippen molar-refractivity contribution in [3.05, 3.63) is 66.0 Å². The first-order chi connectivity index (χ1) is 13.7. The Morgan fingerprint density at radius 3 is 2.43 bits per heavy atom. The summed E-state index contributed by atoms with van der Waals surface area (Å²) in [7, 11) is 0. The van der Waals surface area contributed by atoms with Crippen molar-refractivity contribution in [2.45, 2.75) is 5.16 Å². The normalized spacial score (nSPS) is 10.7. The van der Waals surface area contributed by atoms with Crippen molar-refractivity contribution in [2.75, 3.05) is 16.9 Å². The Bertz CT molecular complexity index is 1080. The number of aromatic nitrogens is 4. The van der Waals surface area contributed by atoms with Gasteiger partial charge in [0.2, 0.25) is 11.1 Å². The monoisotopic (exact) mass is 408 g/mol. The van der Waals surface area contributed by atoms with Crippen LogP contribution in [0.1, 0.15) is 0 Å². The summed E-state index contributed by atoms with van der Waals surface area (Å²) in [5.74, 6) is 6.60. The molecule has 0 bridgehead atoms. The lowest BCUT2D eigenvalue weighted by atomic mass is 10.2. The number of carbonyl (C=O) groups is 1. The molecule has 7 nitrogen and oxygen atoms in total. The predicted octanol–water partition coefficient (Wildman–Crippen LogP) is 3.51. The highest BCUT2D eigenvalue weighted by Crippen LogP contribution is 2.25. The number of hydrogen-bond donors (Lipinski definition) is 2. The molecule has 0 radical (unpaired) electrons. The molecular weight excluding hydrogens is 392 g/mol. The third-order valence-electron chi connectivity index (χ3n) is 3.85. The molecule has 140 valence electrons. The van der Waals surface area contributed by atoms with E-state index in [1.165, 1.54) is 27.8 Å². The maximum Gasteiger partial charge on any atom is 0.236 e. The van der Waals surface area contributed by atoms with Crippen LogP contribution in [0.4, 0.5) is 5.13 Å². The van der Waals surface area contributed by atoms with Gasteiger partial charge in [0.05, 0.1) is 11.4 Å². The van der Waals surface area contributed by atoms with E-state index < -0.39 is 0 Å². The fraction of sp³-hybridized carbons (Fsp3) is 0.0526. The van der Waals surface area contributed by atoms with E-state index in [9.17, 15) is 4.79 Å². The quantitative estimate of drug-likeness (QED) is 0.374. The zero-order valence-corrected chi connectivity index (χ0v) is 16.3. The lowest BCUT2D eigenvalue weighted by molar-refractivity contribution is -0.113. The third-order valence-corrected chi connectivity index (χ3v) is 5.55. The number of nitrogens with one attached hydrogen (secondary N) is 1. The molecule has 9 heteroatoms. The van der Waals surface area contributed by atoms with E-state index in [4.69, 9.17) is 5.84 Å². The van der Waals surface area contributed by atoms with E-state index in [1.807, 2.05) is 66.0 Å². The third kappa shape index (κ3) is 4.05. The van der Waals surface area contributed by atoms with Gasteiger partial charge in [-0.15, -0.1) is 21.5 Å². The van der Waals surface area contributed by atoms with Crippen molar-refractivity contribution in [3.8, 4) is 22.6 Å². The number of rotatable bonds is 6. The minimum Gasteiger partial charge on any atom is -0.335 e. The number of nitrogens with zero attached hydrogens (tertiary/aromatic N) is 4. The van der Waals surface area contributed by atoms with Gasteiger partial charge < -0.3 is 11.2 Å². The molecule has 0 saturated carbocycles. The van der Waals surface area contributed by atoms with E-state index in [-0.39, 0.29) is 11.7 Å². The van der Waals surface area contributed by atoms with Gasteiger partial charge in [-0.3, -0.25) is 4.79 Å². The highest BCUT2D eigenvalue weighted by molar-refractivity contribution is 7.99. The molecule has 2 aromatic carbocycles. The summed E-state index contributed by atoms with van der Waals surface area (Å²) in [6, 6.07) is 19.4. The van der Waals surface area contributed by atoms with Crippen LogP contribution in [-0.2, 0) is 4.79 Å². The standard InChI is InChI=1S/C19H16N6OS2/c20-25-17(14-9-5-2-6-10-14)23-24-19(25)28-12-16(26)22-18-21-15(11-27-18)13-7-3-1-4-8-13/h1-11H,12,20H2,(H,21,22,26). The van der Waals surface area contributed by atoms with Gasteiger partial charge in [-0.05, 0) is 0 Å². The second kappa shape index (κ2) is 8.24. The smallest absolute Gasteiger partial charge is 0.236 e. The predicted molar refractivity (Wildman–Crippen MR) is 113 cm³/mol. The van der Waals surface area contributed by atoms with Crippen LogP contribution in [0.3, 0.4) is 0 Å². The zero-order valence-electron chi connectivity index (χ0n) is 14.6. The first-order valence-corrected chi connectivity index (χ1v) is 10.3. The van der Waals surface area contributed by atoms with Gasteiger partial charge in [0.15, 0.2) is 11.0 Å². The number of hydrogen-bond acceptors (Lipinski definition) is 7. The Kier molecular flexibility index (Phi) is 5.36. The minimum absolute atomic E-state index is 0.157. The summed E-state index contributed by atoms with van der Waals surface area (Å²) in [5.41, 5.74) is 2.71. The van der Waals surface area contributed by atoms with Crippen molar-refractivity contribution in [2.24, 2.45) is 0 Å². The van der Waals surface area contributed by atoms with Crippen LogP contribution in [0.25, 0.3) is 22.6 Å². The van der Waals surface area contributed by atoms with E-state index in [2.05, 4.69) is 20.5 Å². The first-order valence-electron chi connectivity index (χ1n) is 8.40. The number of thioether (sulfide) groups is 1. The van der Waals surface area contributed by atoms with Gasteiger partial charge >= 0.3 is 0 Å². The molecule has 0 aliphatic heterocycles. The van der Waals surface area contributed by atoms with E-state index in [0.29, 0.717) is 16.1 Å². The molecule has 4 aromatic rings. The highest BCUT2D eigenvalue weighted by atomic mass is 32.2. The minimum atomic E-state index is -0.178. The van der Waals surface area contributed by atoms with Gasteiger partial charge in [0.25, 0.3) is 0 Å². The molecule has 0 atom stereocenters. The summed E-state index contributed by atoms with van der Waals surface area (Å²) < 4.78 is 1.39. The van der Waals surface area contributed by atoms with Crippen LogP contribution in [0, 0.1) is 0 Å². The molecule has 0 aliphatic rings. The van der Waals surface area contributed by atoms with Gasteiger partial charge in [-0.25, -0.2) is 9.66 Å². The van der Waals surface area contributed by atoms with Crippen LogP contribution in [0.15, 0.2) is 71.2 Å². The number of carbonyl (C=O) groups excluding carboxylic acids is 1. The summed E-state index contributed by atoms with van der Waals surface area (Å²) in [4.78, 5) is 16.7. The summed E-state index contributed by atoms with van der Waals surface area (Å²) in [6.45, 7) is 0. The Labute approximate surface area is 169 Å². The largest absolute Gasteiger partial charge is 0.335 e. The molecule has 2 aromatic heterocycles. The molecule has 0 aliphatic carbocycles. The average Bonchev–Trinajstić information content (AvgIpc) is 3.34. The molecule has 28 heavy (non-hydrogen) atoms. The molecule has 3 N–H and O–H groups in total. The van der Waals surface area contributed by atoms with Gasteiger partial charge in [0, 0.05) is 16.5 Å². The van der Waals surface area contributed by atoms with Crippen LogP contribution in [0.2, 0.25) is 0 Å². The molecule has 0 unspecified atom stereocenters. The lowest BCUT2D eigenvalue weighted by Gasteiger charge is -2.04. The average molecular weight is 409 g/mol. The molecular formula is C19H16N6OS2. The van der Waals surface area contributed by atoms with Crippen LogP contribution >= 0.6 is 23.1 Å². The van der Waals surface area contributed by atoms with Gasteiger partial charge in [0.1, 0.15) is 0 Å². The van der Waals surface area contributed by atoms with Crippen molar-refractivity contribution in [1.82, 2.24) is 19.9 Å². The van der Waals surface area contributed by atoms with Gasteiger partial charge in [-0.1, -0.05) is 72.4 Å². The molecule has 4 rings (SSSR count). The molecule has 0 fully saturated rings. The van der Waals surface area contributed by atoms with Crippen LogP contribution in [-0.4, -0.2) is 31.5 Å². The summed E-state index contributed by atoms with van der Waals surface area (Å²) in [5, 5.41) is 13.9. The number of amides is 1. The number of thiazole rings is 1. The van der Waals surface area contributed by atoms with Crippen molar-refractivity contribution in [3.63, 3.8) is 0 Å². The number of nitrogen functional groups attached to an aromatic ring is 1. The SMILES string of the molecule is Nn1c(SCC(=O)Nc2nc(-c3ccccc3)cs2)nnc1-c1ccccc1. The second-order valence-corrected chi connectivity index (χ2v) is 7.58. The maximum atomic E-state index is 12.3. The summed E-state index contributed by atoms with van der Waals surface area (Å²) in [6.07, 6.45) is 0. The van der Waals surface area contributed by atoms with Crippen LogP contribution < -0.4 is 11.2 Å².